The minimum Gasteiger partial charge on any atom is -0.394 e. The van der Waals surface area contributed by atoms with E-state index >= 15 is 0 Å². The molecule has 0 aromatic heterocycles. The van der Waals surface area contributed by atoms with Gasteiger partial charge in [0.2, 0.25) is 11.8 Å². The maximum absolute atomic E-state index is 14.8. The van der Waals surface area contributed by atoms with Crippen LogP contribution in [0.4, 0.5) is 5.69 Å². The predicted molar refractivity (Wildman–Crippen MR) is 167 cm³/mol. The molecule has 4 rings (SSSR count). The number of halogens is 1. The number of fused-ring (bicyclic) bond motifs is 1. The zero-order valence-corrected chi connectivity index (χ0v) is 26.3. The molecule has 3 saturated heterocycles. The summed E-state index contributed by atoms with van der Waals surface area (Å²) in [5, 5.41) is 11.1. The fourth-order valence-corrected chi connectivity index (χ4v) is 9.82. The highest BCUT2D eigenvalue weighted by Gasteiger charge is 2.78. The first-order valence-corrected chi connectivity index (χ1v) is 15.9. The lowest BCUT2D eigenvalue weighted by Gasteiger charge is -2.40. The number of nitrogens with zero attached hydrogens (tertiary/aromatic N) is 3. The average molecular weight is 602 g/mol. The number of likely N-dealkylation sites (tertiary alicyclic amines) is 1. The number of thioether (sulfide) groups is 1. The highest BCUT2D eigenvalue weighted by atomic mass is 35.5. The van der Waals surface area contributed by atoms with Gasteiger partial charge in [-0.05, 0) is 62.8 Å². The van der Waals surface area contributed by atoms with E-state index in [0.717, 1.165) is 12.8 Å². The first-order valence-electron chi connectivity index (χ1n) is 14.7. The van der Waals surface area contributed by atoms with Gasteiger partial charge >= 0.3 is 0 Å². The fourth-order valence-electron chi connectivity index (χ4n) is 7.37. The predicted octanol–water partition coefficient (Wildman–Crippen LogP) is 5.17. The van der Waals surface area contributed by atoms with E-state index in [-0.39, 0.29) is 36.8 Å². The number of hydrogen-bond donors (Lipinski definition) is 1. The van der Waals surface area contributed by atoms with Crippen molar-refractivity contribution >= 4 is 46.8 Å². The quantitative estimate of drug-likeness (QED) is 0.316. The second kappa shape index (κ2) is 12.5. The van der Waals surface area contributed by atoms with Crippen molar-refractivity contribution in [3.8, 4) is 0 Å². The highest BCUT2D eigenvalue weighted by molar-refractivity contribution is 8.02. The van der Waals surface area contributed by atoms with E-state index in [0.29, 0.717) is 36.6 Å². The van der Waals surface area contributed by atoms with Crippen molar-refractivity contribution in [2.45, 2.75) is 75.0 Å². The molecule has 0 saturated carbocycles. The van der Waals surface area contributed by atoms with Crippen LogP contribution in [0.25, 0.3) is 0 Å². The van der Waals surface area contributed by atoms with Crippen molar-refractivity contribution < 1.29 is 19.5 Å². The zero-order chi connectivity index (χ0) is 30.1. The van der Waals surface area contributed by atoms with Crippen LogP contribution >= 0.6 is 23.4 Å². The molecular weight excluding hydrogens is 558 g/mol. The van der Waals surface area contributed by atoms with Crippen molar-refractivity contribution in [3.63, 3.8) is 0 Å². The molecule has 3 fully saturated rings. The average Bonchev–Trinajstić information content (AvgIpc) is 3.50. The topological polar surface area (TPSA) is 81.2 Å². The second-order valence-corrected chi connectivity index (χ2v) is 14.6. The van der Waals surface area contributed by atoms with Crippen LogP contribution in [-0.2, 0) is 14.4 Å². The lowest BCUT2D eigenvalue weighted by molar-refractivity contribution is -0.146. The summed E-state index contributed by atoms with van der Waals surface area (Å²) in [4.78, 5) is 48.7. The molecule has 2 unspecified atom stereocenters. The third kappa shape index (κ3) is 5.48. The largest absolute Gasteiger partial charge is 0.394 e. The Kier molecular flexibility index (Phi) is 9.66. The third-order valence-electron chi connectivity index (χ3n) is 8.93. The Labute approximate surface area is 254 Å². The summed E-state index contributed by atoms with van der Waals surface area (Å²) in [6.07, 6.45) is 6.14. The summed E-state index contributed by atoms with van der Waals surface area (Å²) in [5.74, 6) is -1.45. The molecule has 2 bridgehead atoms. The lowest BCUT2D eigenvalue weighted by atomic mass is 9.66. The molecule has 41 heavy (non-hydrogen) atoms. The van der Waals surface area contributed by atoms with Gasteiger partial charge in [-0.3, -0.25) is 14.4 Å². The molecule has 1 N–H and O–H groups in total. The second-order valence-electron chi connectivity index (χ2n) is 12.2. The Morgan fingerprint density at radius 2 is 1.83 bits per heavy atom. The molecule has 3 aliphatic heterocycles. The first kappa shape index (κ1) is 31.6. The summed E-state index contributed by atoms with van der Waals surface area (Å²) in [6.45, 7) is 16.9. The van der Waals surface area contributed by atoms with Crippen LogP contribution in [0, 0.1) is 17.8 Å². The van der Waals surface area contributed by atoms with E-state index in [1.165, 1.54) is 0 Å². The molecule has 1 spiro atoms. The number of aliphatic hydroxyl groups is 1. The van der Waals surface area contributed by atoms with E-state index in [4.69, 9.17) is 11.6 Å². The Balaban J connectivity index is 1.85. The number of rotatable bonds is 13. The van der Waals surface area contributed by atoms with Gasteiger partial charge in [0.1, 0.15) is 6.04 Å². The van der Waals surface area contributed by atoms with Crippen LogP contribution < -0.4 is 4.90 Å². The molecule has 6 atom stereocenters. The van der Waals surface area contributed by atoms with Gasteiger partial charge in [-0.25, -0.2) is 0 Å². The molecule has 9 heteroatoms. The maximum Gasteiger partial charge on any atom is 0.251 e. The molecule has 0 aliphatic carbocycles. The van der Waals surface area contributed by atoms with E-state index in [1.807, 2.05) is 20.8 Å². The van der Waals surface area contributed by atoms with Gasteiger partial charge < -0.3 is 19.8 Å². The lowest BCUT2D eigenvalue weighted by Crippen LogP contribution is -2.58. The van der Waals surface area contributed by atoms with Gasteiger partial charge in [0, 0.05) is 35.1 Å². The Morgan fingerprint density at radius 1 is 1.17 bits per heavy atom. The Morgan fingerprint density at radius 3 is 2.39 bits per heavy atom. The number of amides is 3. The summed E-state index contributed by atoms with van der Waals surface area (Å²) in [5.41, 5.74) is 0.660. The van der Waals surface area contributed by atoms with Crippen LogP contribution in [0.3, 0.4) is 0 Å². The zero-order valence-electron chi connectivity index (χ0n) is 24.7. The van der Waals surface area contributed by atoms with Crippen molar-refractivity contribution in [2.75, 3.05) is 31.1 Å². The maximum atomic E-state index is 14.8. The summed E-state index contributed by atoms with van der Waals surface area (Å²) in [7, 11) is 0. The first-order chi connectivity index (χ1) is 19.5. The minimum absolute atomic E-state index is 0.0419. The number of benzene rings is 1. The third-order valence-corrected chi connectivity index (χ3v) is 11.2. The van der Waals surface area contributed by atoms with Gasteiger partial charge in [0.15, 0.2) is 0 Å². The standard InChI is InChI=1S/C32H44ClN3O4S/c1-7-16-34(17-8-2)28(38)25-26-29(39)36(24(20-37)19-21(4)5)27(32(26)15-14-31(25,6)41-32)30(40)35(18-9-3)23-12-10-22(33)11-13-23/h7,9-13,21,24-27,37H,1,3,8,14-20H2,2,4-6H3/t24-,25-,26+,27?,31+,32?/m1/s1. The summed E-state index contributed by atoms with van der Waals surface area (Å²) >= 11 is 7.81. The molecule has 1 aromatic carbocycles. The van der Waals surface area contributed by atoms with Crippen molar-refractivity contribution in [1.82, 2.24) is 9.80 Å². The van der Waals surface area contributed by atoms with Crippen molar-refractivity contribution in [1.29, 1.82) is 0 Å². The van der Waals surface area contributed by atoms with Gasteiger partial charge in [-0.15, -0.1) is 24.9 Å². The van der Waals surface area contributed by atoms with Gasteiger partial charge in [0.25, 0.3) is 5.91 Å². The van der Waals surface area contributed by atoms with Crippen LogP contribution in [0.5, 0.6) is 0 Å². The molecule has 3 amide bonds. The summed E-state index contributed by atoms with van der Waals surface area (Å²) in [6, 6.07) is 5.71. The fraction of sp³-hybridized carbons (Fsp3) is 0.594. The molecule has 3 aliphatic rings. The molecular formula is C32H44ClN3O4S. The Hall–Kier alpha value is -2.29. The SMILES string of the molecule is C=CCN(CCC)C(=O)[C@H]1[C@H]2C(=O)N([C@@H](CO)CC(C)C)C(C(=O)N(CC=C)c3ccc(Cl)cc3)C23CC[C@]1(C)S3. The molecule has 7 nitrogen and oxygen atoms in total. The van der Waals surface area contributed by atoms with Crippen LogP contribution in [0.1, 0.15) is 53.4 Å². The number of aliphatic hydroxyl groups excluding tert-OH is 1. The molecule has 1 aromatic rings. The summed E-state index contributed by atoms with van der Waals surface area (Å²) < 4.78 is -1.24. The van der Waals surface area contributed by atoms with E-state index in [1.54, 1.807) is 62.9 Å². The number of hydrogen-bond acceptors (Lipinski definition) is 5. The van der Waals surface area contributed by atoms with E-state index in [2.05, 4.69) is 20.1 Å². The normalized spacial score (nSPS) is 29.0. The Bertz CT molecular complexity index is 1180. The van der Waals surface area contributed by atoms with Gasteiger partial charge in [-0.2, -0.15) is 0 Å². The number of anilines is 1. The van der Waals surface area contributed by atoms with Crippen molar-refractivity contribution in [3.05, 3.63) is 54.6 Å². The van der Waals surface area contributed by atoms with E-state index in [9.17, 15) is 19.5 Å². The van der Waals surface area contributed by atoms with Gasteiger partial charge in [-0.1, -0.05) is 44.5 Å². The van der Waals surface area contributed by atoms with Crippen LogP contribution in [0.15, 0.2) is 49.6 Å². The molecule has 224 valence electrons. The van der Waals surface area contributed by atoms with Crippen LogP contribution in [-0.4, -0.2) is 80.4 Å². The number of carbonyl (C=O) groups excluding carboxylic acids is 3. The molecule has 3 heterocycles. The van der Waals surface area contributed by atoms with E-state index < -0.39 is 33.4 Å². The van der Waals surface area contributed by atoms with Crippen molar-refractivity contribution in [2.24, 2.45) is 17.8 Å². The monoisotopic (exact) mass is 601 g/mol. The molecule has 0 radical (unpaired) electrons. The highest BCUT2D eigenvalue weighted by Crippen LogP contribution is 2.72. The minimum atomic E-state index is -0.824. The van der Waals surface area contributed by atoms with Gasteiger partial charge in [0.05, 0.1) is 29.2 Å². The van der Waals surface area contributed by atoms with Crippen LogP contribution in [0.2, 0.25) is 5.02 Å². The number of carbonyl (C=O) groups is 3. The smallest absolute Gasteiger partial charge is 0.251 e.